The number of hydrogen-bond acceptors (Lipinski definition) is 4. The molecule has 0 unspecified atom stereocenters. The highest BCUT2D eigenvalue weighted by Gasteiger charge is 2.32. The van der Waals surface area contributed by atoms with E-state index in [0.29, 0.717) is 49.2 Å². The molecule has 7 heteroatoms. The highest BCUT2D eigenvalue weighted by atomic mass is 19.1. The standard InChI is InChI=1S/C21H22FN3O3/c1-21(2)8-16-13(17(26)9-21)7-14(20(28)25-16)19(27)24-15-4-3-11-10-23-6-5-12(11)18(15)22/h3-4,7,23H,5-6,8-10H2,1-2H3,(H,24,27)(H,25,28). The molecule has 0 saturated carbocycles. The summed E-state index contributed by atoms with van der Waals surface area (Å²) in [5, 5.41) is 5.66. The van der Waals surface area contributed by atoms with Crippen LogP contribution in [0.5, 0.6) is 0 Å². The van der Waals surface area contributed by atoms with Gasteiger partial charge in [-0.1, -0.05) is 19.9 Å². The van der Waals surface area contributed by atoms with Crippen LogP contribution in [0.1, 0.15) is 57.8 Å². The van der Waals surface area contributed by atoms with E-state index in [0.717, 1.165) is 5.56 Å². The lowest BCUT2D eigenvalue weighted by Crippen LogP contribution is -2.33. The second-order valence-electron chi connectivity index (χ2n) is 8.29. The van der Waals surface area contributed by atoms with Gasteiger partial charge in [0.05, 0.1) is 5.69 Å². The maximum atomic E-state index is 14.8. The Kier molecular flexibility index (Phi) is 4.42. The fourth-order valence-corrected chi connectivity index (χ4v) is 4.02. The summed E-state index contributed by atoms with van der Waals surface area (Å²) < 4.78 is 14.8. The Morgan fingerprint density at radius 1 is 1.21 bits per heavy atom. The molecule has 4 rings (SSSR count). The van der Waals surface area contributed by atoms with Crippen molar-refractivity contribution in [2.45, 2.75) is 39.7 Å². The monoisotopic (exact) mass is 383 g/mol. The Morgan fingerprint density at radius 3 is 2.79 bits per heavy atom. The second-order valence-corrected chi connectivity index (χ2v) is 8.29. The first kappa shape index (κ1) is 18.6. The van der Waals surface area contributed by atoms with Gasteiger partial charge in [-0.15, -0.1) is 0 Å². The molecule has 6 nitrogen and oxygen atoms in total. The summed E-state index contributed by atoms with van der Waals surface area (Å²) in [6, 6.07) is 4.60. The van der Waals surface area contributed by atoms with Gasteiger partial charge in [-0.25, -0.2) is 4.39 Å². The van der Waals surface area contributed by atoms with Crippen LogP contribution in [0.3, 0.4) is 0 Å². The molecule has 1 amide bonds. The molecular weight excluding hydrogens is 361 g/mol. The predicted molar refractivity (Wildman–Crippen MR) is 103 cm³/mol. The van der Waals surface area contributed by atoms with Crippen LogP contribution in [-0.2, 0) is 19.4 Å². The smallest absolute Gasteiger partial charge is 0.261 e. The number of rotatable bonds is 2. The van der Waals surface area contributed by atoms with Gasteiger partial charge in [-0.05, 0) is 48.1 Å². The van der Waals surface area contributed by atoms with Crippen LogP contribution in [0, 0.1) is 11.2 Å². The maximum Gasteiger partial charge on any atom is 0.261 e. The highest BCUT2D eigenvalue weighted by Crippen LogP contribution is 2.33. The van der Waals surface area contributed by atoms with Crippen molar-refractivity contribution in [2.24, 2.45) is 5.41 Å². The zero-order valence-electron chi connectivity index (χ0n) is 15.9. The van der Waals surface area contributed by atoms with Crippen molar-refractivity contribution in [3.05, 3.63) is 62.3 Å². The third-order valence-electron chi connectivity index (χ3n) is 5.42. The Labute approximate surface area is 161 Å². The van der Waals surface area contributed by atoms with Crippen molar-refractivity contribution in [3.8, 4) is 0 Å². The van der Waals surface area contributed by atoms with E-state index in [9.17, 15) is 18.8 Å². The molecule has 3 N–H and O–H groups in total. The lowest BCUT2D eigenvalue weighted by molar-refractivity contribution is 0.0910. The minimum atomic E-state index is -0.727. The Hall–Kier alpha value is -2.80. The Bertz CT molecular complexity index is 1060. The maximum absolute atomic E-state index is 14.8. The van der Waals surface area contributed by atoms with Gasteiger partial charge in [-0.3, -0.25) is 14.4 Å². The van der Waals surface area contributed by atoms with Gasteiger partial charge in [0.25, 0.3) is 11.5 Å². The number of aromatic nitrogens is 1. The van der Waals surface area contributed by atoms with Gasteiger partial charge in [0.2, 0.25) is 0 Å². The number of halogens is 1. The molecule has 28 heavy (non-hydrogen) atoms. The van der Waals surface area contributed by atoms with Crippen molar-refractivity contribution < 1.29 is 14.0 Å². The van der Waals surface area contributed by atoms with E-state index in [1.807, 2.05) is 13.8 Å². The number of anilines is 1. The highest BCUT2D eigenvalue weighted by molar-refractivity contribution is 6.06. The molecule has 146 valence electrons. The largest absolute Gasteiger partial charge is 0.325 e. The molecule has 1 aromatic carbocycles. The molecule has 0 fully saturated rings. The van der Waals surface area contributed by atoms with Crippen molar-refractivity contribution in [1.29, 1.82) is 0 Å². The lowest BCUT2D eigenvalue weighted by atomic mass is 9.75. The SMILES string of the molecule is CC1(C)CC(=O)c2cc(C(=O)Nc3ccc4c(c3F)CCNC4)c(=O)[nH]c2C1. The first-order valence-corrected chi connectivity index (χ1v) is 9.37. The molecule has 0 radical (unpaired) electrons. The fourth-order valence-electron chi connectivity index (χ4n) is 4.02. The normalized spacial score (nSPS) is 17.6. The van der Waals surface area contributed by atoms with Gasteiger partial charge in [0.1, 0.15) is 11.4 Å². The number of aromatic amines is 1. The number of carbonyl (C=O) groups excluding carboxylic acids is 2. The first-order chi connectivity index (χ1) is 13.2. The number of ketones is 1. The third kappa shape index (κ3) is 3.26. The molecule has 1 aliphatic carbocycles. The van der Waals surface area contributed by atoms with E-state index in [1.54, 1.807) is 6.07 Å². The summed E-state index contributed by atoms with van der Waals surface area (Å²) in [5.74, 6) is -1.31. The number of fused-ring (bicyclic) bond motifs is 2. The van der Waals surface area contributed by atoms with Gasteiger partial charge >= 0.3 is 0 Å². The number of Topliss-reactive ketones (excluding diaryl/α,β-unsaturated/α-hetero) is 1. The van der Waals surface area contributed by atoms with E-state index >= 15 is 0 Å². The van der Waals surface area contributed by atoms with Crippen LogP contribution in [0.25, 0.3) is 0 Å². The molecule has 0 saturated heterocycles. The van der Waals surface area contributed by atoms with Crippen LogP contribution in [0.2, 0.25) is 0 Å². The third-order valence-corrected chi connectivity index (χ3v) is 5.42. The Morgan fingerprint density at radius 2 is 2.00 bits per heavy atom. The summed E-state index contributed by atoms with van der Waals surface area (Å²) in [4.78, 5) is 40.2. The average Bonchev–Trinajstić information content (AvgIpc) is 2.62. The first-order valence-electron chi connectivity index (χ1n) is 9.37. The molecular formula is C21H22FN3O3. The van der Waals surface area contributed by atoms with Crippen LogP contribution in [0.15, 0.2) is 23.0 Å². The summed E-state index contributed by atoms with van der Waals surface area (Å²) in [6.45, 7) is 5.18. The minimum Gasteiger partial charge on any atom is -0.325 e. The summed E-state index contributed by atoms with van der Waals surface area (Å²) in [6.07, 6.45) is 1.44. The molecule has 0 spiro atoms. The van der Waals surface area contributed by atoms with E-state index in [4.69, 9.17) is 0 Å². The van der Waals surface area contributed by atoms with E-state index in [1.165, 1.54) is 12.1 Å². The molecule has 1 aromatic heterocycles. The van der Waals surface area contributed by atoms with Crippen molar-refractivity contribution in [1.82, 2.24) is 10.3 Å². The van der Waals surface area contributed by atoms with Crippen LogP contribution >= 0.6 is 0 Å². The number of hydrogen-bond donors (Lipinski definition) is 3. The second kappa shape index (κ2) is 6.67. The quantitative estimate of drug-likeness (QED) is 0.743. The molecule has 2 heterocycles. The van der Waals surface area contributed by atoms with Gasteiger partial charge in [0.15, 0.2) is 5.78 Å². The number of pyridine rings is 1. The van der Waals surface area contributed by atoms with Crippen molar-refractivity contribution in [2.75, 3.05) is 11.9 Å². The Balaban J connectivity index is 1.66. The fraction of sp³-hybridized carbons (Fsp3) is 0.381. The van der Waals surface area contributed by atoms with E-state index in [2.05, 4.69) is 15.6 Å². The number of benzene rings is 1. The van der Waals surface area contributed by atoms with Crippen LogP contribution < -0.4 is 16.2 Å². The van der Waals surface area contributed by atoms with Gasteiger partial charge in [-0.2, -0.15) is 0 Å². The van der Waals surface area contributed by atoms with Crippen molar-refractivity contribution in [3.63, 3.8) is 0 Å². The molecule has 2 aliphatic rings. The summed E-state index contributed by atoms with van der Waals surface area (Å²) in [7, 11) is 0. The van der Waals surface area contributed by atoms with Crippen LogP contribution in [-0.4, -0.2) is 23.2 Å². The van der Waals surface area contributed by atoms with Crippen molar-refractivity contribution >= 4 is 17.4 Å². The van der Waals surface area contributed by atoms with Gasteiger partial charge in [0, 0.05) is 24.2 Å². The summed E-state index contributed by atoms with van der Waals surface area (Å²) >= 11 is 0. The number of amides is 1. The van der Waals surface area contributed by atoms with Gasteiger partial charge < -0.3 is 15.6 Å². The zero-order valence-corrected chi connectivity index (χ0v) is 15.9. The van der Waals surface area contributed by atoms with Crippen LogP contribution in [0.4, 0.5) is 10.1 Å². The molecule has 0 atom stereocenters. The molecule has 0 bridgehead atoms. The number of nitrogens with one attached hydrogen (secondary N) is 3. The number of carbonyl (C=O) groups is 2. The molecule has 2 aromatic rings. The summed E-state index contributed by atoms with van der Waals surface area (Å²) in [5.41, 5.74) is 1.38. The minimum absolute atomic E-state index is 0.0373. The topological polar surface area (TPSA) is 91.1 Å². The molecule has 1 aliphatic heterocycles. The average molecular weight is 383 g/mol. The lowest BCUT2D eigenvalue weighted by Gasteiger charge is -2.29. The predicted octanol–water partition coefficient (Wildman–Crippen LogP) is 2.57. The van der Waals surface area contributed by atoms with E-state index < -0.39 is 17.3 Å². The zero-order chi connectivity index (χ0) is 20.1. The number of H-pyrrole nitrogens is 1. The van der Waals surface area contributed by atoms with E-state index in [-0.39, 0.29) is 22.4 Å².